The summed E-state index contributed by atoms with van der Waals surface area (Å²) in [6, 6.07) is 2.48. The zero-order valence-corrected chi connectivity index (χ0v) is 14.4. The summed E-state index contributed by atoms with van der Waals surface area (Å²) < 4.78 is 15.1. The molecule has 134 valence electrons. The van der Waals surface area contributed by atoms with Gasteiger partial charge in [0, 0.05) is 6.42 Å². The molecule has 24 heavy (non-hydrogen) atoms. The Morgan fingerprint density at radius 3 is 2.54 bits per heavy atom. The van der Waals surface area contributed by atoms with Crippen molar-refractivity contribution < 1.29 is 28.3 Å². The number of carbonyl (C=O) groups is 3. The van der Waals surface area contributed by atoms with Crippen LogP contribution in [-0.4, -0.2) is 42.8 Å². The second-order valence-corrected chi connectivity index (χ2v) is 6.01. The van der Waals surface area contributed by atoms with Crippen LogP contribution < -0.4 is 10.6 Å². The smallest absolute Gasteiger partial charge is 0.408 e. The normalized spacial score (nSPS) is 12.2. The van der Waals surface area contributed by atoms with E-state index in [1.54, 1.807) is 39.8 Å². The lowest BCUT2D eigenvalue weighted by atomic mass is 10.1. The Bertz CT molecular complexity index is 547. The number of alkyl carbamates (subject to hydrolysis) is 1. The maximum Gasteiger partial charge on any atom is 0.408 e. The first kappa shape index (κ1) is 19.5. The molecule has 0 radical (unpaired) electrons. The van der Waals surface area contributed by atoms with Gasteiger partial charge in [0.15, 0.2) is 0 Å². The number of carbonyl (C=O) groups excluding carboxylic acids is 3. The molecule has 1 rings (SSSR count). The molecule has 8 nitrogen and oxygen atoms in total. The Kier molecular flexibility index (Phi) is 7.29. The van der Waals surface area contributed by atoms with E-state index in [0.717, 1.165) is 0 Å². The predicted octanol–water partition coefficient (Wildman–Crippen LogP) is 1.39. The van der Waals surface area contributed by atoms with Gasteiger partial charge in [-0.1, -0.05) is 0 Å². The lowest BCUT2D eigenvalue weighted by Gasteiger charge is -2.20. The third-order valence-electron chi connectivity index (χ3n) is 2.68. The fourth-order valence-corrected chi connectivity index (χ4v) is 1.78. The second-order valence-electron chi connectivity index (χ2n) is 6.01. The molecular formula is C16H24N2O6. The number of hydrogen-bond donors (Lipinski definition) is 2. The molecule has 0 aliphatic carbocycles. The Morgan fingerprint density at radius 1 is 1.29 bits per heavy atom. The molecule has 1 atom stereocenters. The van der Waals surface area contributed by atoms with Crippen LogP contribution >= 0.6 is 0 Å². The van der Waals surface area contributed by atoms with E-state index >= 15 is 0 Å². The van der Waals surface area contributed by atoms with Crippen molar-refractivity contribution in [2.24, 2.45) is 0 Å². The summed E-state index contributed by atoms with van der Waals surface area (Å²) in [5.74, 6) is -0.571. The van der Waals surface area contributed by atoms with Gasteiger partial charge in [-0.2, -0.15) is 0 Å². The molecule has 1 heterocycles. The van der Waals surface area contributed by atoms with Crippen LogP contribution in [0.5, 0.6) is 0 Å². The molecule has 0 spiro atoms. The standard InChI is InChI=1S/C16H24N2O6/c1-5-22-14(20)12(9-11-7-6-8-23-11)18-13(19)10-17-15(21)24-16(2,3)4/h6-8,12H,5,9-10H2,1-4H3,(H,17,21)(H,18,19)/t12-/m0/s1. The van der Waals surface area contributed by atoms with Crippen LogP contribution in [0.3, 0.4) is 0 Å². The summed E-state index contributed by atoms with van der Waals surface area (Å²) in [6.45, 7) is 6.70. The average Bonchev–Trinajstić information content (AvgIpc) is 2.96. The van der Waals surface area contributed by atoms with E-state index < -0.39 is 29.6 Å². The van der Waals surface area contributed by atoms with Gasteiger partial charge in [0.2, 0.25) is 5.91 Å². The molecule has 0 unspecified atom stereocenters. The van der Waals surface area contributed by atoms with E-state index in [0.29, 0.717) is 5.76 Å². The van der Waals surface area contributed by atoms with Crippen molar-refractivity contribution in [3.63, 3.8) is 0 Å². The maximum absolute atomic E-state index is 11.9. The van der Waals surface area contributed by atoms with Crippen LogP contribution in [0.25, 0.3) is 0 Å². The van der Waals surface area contributed by atoms with E-state index in [4.69, 9.17) is 13.9 Å². The van der Waals surface area contributed by atoms with E-state index in [1.807, 2.05) is 0 Å². The minimum absolute atomic E-state index is 0.157. The molecule has 8 heteroatoms. The fourth-order valence-electron chi connectivity index (χ4n) is 1.78. The minimum Gasteiger partial charge on any atom is -0.469 e. The Balaban J connectivity index is 2.54. The van der Waals surface area contributed by atoms with Gasteiger partial charge in [0.1, 0.15) is 23.9 Å². The second kappa shape index (κ2) is 8.95. The Labute approximate surface area is 140 Å². The highest BCUT2D eigenvalue weighted by Crippen LogP contribution is 2.07. The molecule has 0 saturated heterocycles. The van der Waals surface area contributed by atoms with E-state index in [-0.39, 0.29) is 19.6 Å². The van der Waals surface area contributed by atoms with Crippen LogP contribution in [0.15, 0.2) is 22.8 Å². The largest absolute Gasteiger partial charge is 0.469 e. The summed E-state index contributed by atoms with van der Waals surface area (Å²) in [5, 5.41) is 4.84. The minimum atomic E-state index is -0.899. The van der Waals surface area contributed by atoms with Crippen LogP contribution in [0.1, 0.15) is 33.5 Å². The molecule has 0 aliphatic rings. The molecule has 1 aromatic heterocycles. The highest BCUT2D eigenvalue weighted by atomic mass is 16.6. The quantitative estimate of drug-likeness (QED) is 0.727. The number of nitrogens with one attached hydrogen (secondary N) is 2. The fraction of sp³-hybridized carbons (Fsp3) is 0.562. The molecule has 0 fully saturated rings. The Hall–Kier alpha value is -2.51. The van der Waals surface area contributed by atoms with Gasteiger partial charge in [-0.3, -0.25) is 4.79 Å². The SMILES string of the molecule is CCOC(=O)[C@H](Cc1ccco1)NC(=O)CNC(=O)OC(C)(C)C. The Morgan fingerprint density at radius 2 is 2.00 bits per heavy atom. The van der Waals surface area contributed by atoms with E-state index in [2.05, 4.69) is 10.6 Å². The molecule has 0 aliphatic heterocycles. The van der Waals surface area contributed by atoms with Gasteiger partial charge >= 0.3 is 12.1 Å². The molecular weight excluding hydrogens is 316 g/mol. The number of amides is 2. The summed E-state index contributed by atoms with van der Waals surface area (Å²) in [6.07, 6.45) is 0.921. The predicted molar refractivity (Wildman–Crippen MR) is 85.2 cm³/mol. The third kappa shape index (κ3) is 7.66. The van der Waals surface area contributed by atoms with Gasteiger partial charge in [0.25, 0.3) is 0 Å². The molecule has 2 amide bonds. The average molecular weight is 340 g/mol. The number of hydrogen-bond acceptors (Lipinski definition) is 6. The van der Waals surface area contributed by atoms with Gasteiger partial charge in [-0.25, -0.2) is 9.59 Å². The van der Waals surface area contributed by atoms with Gasteiger partial charge in [0.05, 0.1) is 12.9 Å². The van der Waals surface area contributed by atoms with Crippen molar-refractivity contribution in [2.45, 2.75) is 45.8 Å². The highest BCUT2D eigenvalue weighted by Gasteiger charge is 2.24. The van der Waals surface area contributed by atoms with Crippen LogP contribution in [0, 0.1) is 0 Å². The zero-order valence-electron chi connectivity index (χ0n) is 14.4. The van der Waals surface area contributed by atoms with Gasteiger partial charge in [-0.15, -0.1) is 0 Å². The summed E-state index contributed by atoms with van der Waals surface area (Å²) >= 11 is 0. The lowest BCUT2D eigenvalue weighted by molar-refractivity contribution is -0.147. The van der Waals surface area contributed by atoms with Crippen molar-refractivity contribution in [3.8, 4) is 0 Å². The number of ether oxygens (including phenoxy) is 2. The molecule has 1 aromatic rings. The van der Waals surface area contributed by atoms with Crippen molar-refractivity contribution in [2.75, 3.05) is 13.2 Å². The summed E-state index contributed by atoms with van der Waals surface area (Å²) in [4.78, 5) is 35.4. The molecule has 0 aromatic carbocycles. The molecule has 2 N–H and O–H groups in total. The zero-order chi connectivity index (χ0) is 18.2. The van der Waals surface area contributed by atoms with Crippen molar-refractivity contribution in [1.29, 1.82) is 0 Å². The molecule has 0 saturated carbocycles. The van der Waals surface area contributed by atoms with Crippen LogP contribution in [0.2, 0.25) is 0 Å². The van der Waals surface area contributed by atoms with E-state index in [1.165, 1.54) is 6.26 Å². The number of esters is 1. The van der Waals surface area contributed by atoms with Gasteiger partial charge in [-0.05, 0) is 39.8 Å². The summed E-state index contributed by atoms with van der Waals surface area (Å²) in [7, 11) is 0. The van der Waals surface area contributed by atoms with Crippen LogP contribution in [-0.2, 0) is 25.5 Å². The van der Waals surface area contributed by atoms with Gasteiger partial charge < -0.3 is 24.5 Å². The highest BCUT2D eigenvalue weighted by molar-refractivity contribution is 5.87. The number of rotatable bonds is 7. The first-order valence-corrected chi connectivity index (χ1v) is 7.66. The number of furan rings is 1. The lowest BCUT2D eigenvalue weighted by Crippen LogP contribution is -2.47. The van der Waals surface area contributed by atoms with Crippen LogP contribution in [0.4, 0.5) is 4.79 Å². The first-order valence-electron chi connectivity index (χ1n) is 7.66. The van der Waals surface area contributed by atoms with E-state index in [9.17, 15) is 14.4 Å². The maximum atomic E-state index is 11.9. The van der Waals surface area contributed by atoms with Crippen molar-refractivity contribution in [3.05, 3.63) is 24.2 Å². The van der Waals surface area contributed by atoms with Crippen molar-refractivity contribution >= 4 is 18.0 Å². The topological polar surface area (TPSA) is 107 Å². The third-order valence-corrected chi connectivity index (χ3v) is 2.68. The van der Waals surface area contributed by atoms with Crippen molar-refractivity contribution in [1.82, 2.24) is 10.6 Å². The monoisotopic (exact) mass is 340 g/mol. The molecule has 0 bridgehead atoms. The first-order chi connectivity index (χ1) is 11.2. The summed E-state index contributed by atoms with van der Waals surface area (Å²) in [5.41, 5.74) is -0.659.